The minimum Gasteiger partial charge on any atom is -0.473 e. The van der Waals surface area contributed by atoms with E-state index in [4.69, 9.17) is 4.74 Å². The molecule has 2 aliphatic rings. The van der Waals surface area contributed by atoms with Crippen LogP contribution in [0.5, 0.6) is 5.88 Å². The van der Waals surface area contributed by atoms with Gasteiger partial charge in [-0.1, -0.05) is 12.1 Å². The highest BCUT2D eigenvalue weighted by Crippen LogP contribution is 2.36. The van der Waals surface area contributed by atoms with Crippen LogP contribution in [0.1, 0.15) is 31.4 Å². The number of rotatable bonds is 4. The lowest BCUT2D eigenvalue weighted by Crippen LogP contribution is -2.42. The van der Waals surface area contributed by atoms with Crippen LogP contribution in [0, 0.1) is 6.92 Å². The van der Waals surface area contributed by atoms with Crippen molar-refractivity contribution in [2.24, 2.45) is 0 Å². The molecule has 2 fully saturated rings. The monoisotopic (exact) mass is 430 g/mol. The molecule has 1 aromatic carbocycles. The molecule has 0 radical (unpaired) electrons. The second-order valence-corrected chi connectivity index (χ2v) is 9.24. The van der Waals surface area contributed by atoms with E-state index in [1.165, 1.54) is 12.8 Å². The first kappa shape index (κ1) is 18.8. The number of ether oxygens (including phenoxy) is 1. The summed E-state index contributed by atoms with van der Waals surface area (Å²) in [5, 5.41) is 20.6. The van der Waals surface area contributed by atoms with Gasteiger partial charge in [0.05, 0.1) is 33.3 Å². The Kier molecular flexibility index (Phi) is 4.61. The maximum absolute atomic E-state index is 6.15. The number of nitrogens with one attached hydrogen (secondary N) is 1. The minimum absolute atomic E-state index is 0.226. The van der Waals surface area contributed by atoms with Crippen LogP contribution in [-0.2, 0) is 0 Å². The number of fused-ring (bicyclic) bond motifs is 3. The molecule has 8 heteroatoms. The Morgan fingerprint density at radius 2 is 1.84 bits per heavy atom. The van der Waals surface area contributed by atoms with Gasteiger partial charge in [0.2, 0.25) is 5.88 Å². The first-order valence-electron chi connectivity index (χ1n) is 10.7. The van der Waals surface area contributed by atoms with E-state index in [-0.39, 0.29) is 6.10 Å². The largest absolute Gasteiger partial charge is 0.473 e. The lowest BCUT2D eigenvalue weighted by Gasteiger charge is -2.28. The zero-order valence-corrected chi connectivity index (χ0v) is 18.0. The number of hydrogen-bond acceptors (Lipinski definition) is 8. The Morgan fingerprint density at radius 1 is 1.00 bits per heavy atom. The Bertz CT molecular complexity index is 1230. The zero-order valence-electron chi connectivity index (χ0n) is 17.2. The Morgan fingerprint density at radius 3 is 2.61 bits per heavy atom. The fourth-order valence-corrected chi connectivity index (χ4v) is 5.64. The van der Waals surface area contributed by atoms with Crippen molar-refractivity contribution in [2.45, 2.75) is 50.8 Å². The van der Waals surface area contributed by atoms with Gasteiger partial charge < -0.3 is 10.1 Å². The van der Waals surface area contributed by atoms with E-state index in [0.29, 0.717) is 18.0 Å². The Balaban J connectivity index is 1.28. The smallest absolute Gasteiger partial charge is 0.233 e. The highest BCUT2D eigenvalue weighted by molar-refractivity contribution is 7.17. The SMILES string of the molecule is Cc1cc(-c2ccc(-c3ccc(OC4C[C@H]5CC[C@@H](C4)N5)nn3)c3scnc23)cnn1. The number of piperidine rings is 1. The Hall–Kier alpha value is -2.97. The topological polar surface area (TPSA) is 85.7 Å². The van der Waals surface area contributed by atoms with Crippen molar-refractivity contribution < 1.29 is 4.74 Å². The van der Waals surface area contributed by atoms with E-state index in [2.05, 4.69) is 42.8 Å². The summed E-state index contributed by atoms with van der Waals surface area (Å²) in [5.41, 5.74) is 7.61. The molecule has 0 aliphatic carbocycles. The molecule has 1 N–H and O–H groups in total. The maximum atomic E-state index is 6.15. The molecular formula is C23H22N6OS. The van der Waals surface area contributed by atoms with Crippen molar-refractivity contribution in [1.29, 1.82) is 0 Å². The summed E-state index contributed by atoms with van der Waals surface area (Å²) in [5.74, 6) is 0.602. The molecule has 156 valence electrons. The highest BCUT2D eigenvalue weighted by atomic mass is 32.1. The van der Waals surface area contributed by atoms with Crippen LogP contribution in [0.3, 0.4) is 0 Å². The normalized spacial score (nSPS) is 22.7. The summed E-state index contributed by atoms with van der Waals surface area (Å²) in [4.78, 5) is 4.62. The number of hydrogen-bond donors (Lipinski definition) is 1. The van der Waals surface area contributed by atoms with E-state index in [9.17, 15) is 0 Å². The second kappa shape index (κ2) is 7.62. The van der Waals surface area contributed by atoms with Crippen molar-refractivity contribution in [1.82, 2.24) is 30.7 Å². The van der Waals surface area contributed by atoms with Gasteiger partial charge in [-0.3, -0.25) is 0 Å². The third kappa shape index (κ3) is 3.55. The average Bonchev–Trinajstić information content (AvgIpc) is 3.40. The number of nitrogens with zero attached hydrogens (tertiary/aromatic N) is 5. The fraction of sp³-hybridized carbons (Fsp3) is 0.348. The molecule has 3 atom stereocenters. The molecule has 2 aliphatic heterocycles. The summed E-state index contributed by atoms with van der Waals surface area (Å²) in [6.45, 7) is 1.94. The highest BCUT2D eigenvalue weighted by Gasteiger charge is 2.34. The molecule has 7 nitrogen and oxygen atoms in total. The predicted molar refractivity (Wildman–Crippen MR) is 120 cm³/mol. The minimum atomic E-state index is 0.226. The lowest BCUT2D eigenvalue weighted by atomic mass is 10.0. The lowest BCUT2D eigenvalue weighted by molar-refractivity contribution is 0.130. The first-order chi connectivity index (χ1) is 15.2. The summed E-state index contributed by atoms with van der Waals surface area (Å²) >= 11 is 1.61. The van der Waals surface area contributed by atoms with E-state index < -0.39 is 0 Å². The van der Waals surface area contributed by atoms with Crippen LogP contribution >= 0.6 is 11.3 Å². The summed E-state index contributed by atoms with van der Waals surface area (Å²) in [6, 6.07) is 11.3. The van der Waals surface area contributed by atoms with Crippen LogP contribution in [-0.4, -0.2) is 43.6 Å². The van der Waals surface area contributed by atoms with Crippen LogP contribution in [0.25, 0.3) is 32.6 Å². The van der Waals surface area contributed by atoms with Gasteiger partial charge in [0.25, 0.3) is 0 Å². The predicted octanol–water partition coefficient (Wildman–Crippen LogP) is 4.18. The van der Waals surface area contributed by atoms with Gasteiger partial charge in [0, 0.05) is 34.8 Å². The molecular weight excluding hydrogens is 408 g/mol. The number of thiazole rings is 1. The van der Waals surface area contributed by atoms with Gasteiger partial charge in [-0.2, -0.15) is 10.2 Å². The molecule has 0 saturated carbocycles. The number of benzene rings is 1. The maximum Gasteiger partial charge on any atom is 0.233 e. The van der Waals surface area contributed by atoms with Crippen LogP contribution < -0.4 is 10.1 Å². The van der Waals surface area contributed by atoms with Crippen LogP contribution in [0.15, 0.2) is 42.0 Å². The third-order valence-electron chi connectivity index (χ3n) is 6.20. The molecule has 5 heterocycles. The average molecular weight is 431 g/mol. The van der Waals surface area contributed by atoms with Gasteiger partial charge in [-0.25, -0.2) is 4.98 Å². The van der Waals surface area contributed by atoms with Crippen molar-refractivity contribution in [2.75, 3.05) is 0 Å². The fourth-order valence-electron chi connectivity index (χ4n) is 4.80. The van der Waals surface area contributed by atoms with Crippen molar-refractivity contribution in [3.8, 4) is 28.3 Å². The standard InChI is InChI=1S/C23H22N6OS/c1-13-8-14(11-25-27-13)18-4-5-19(23-22(18)24-12-31-23)20-6-7-21(29-28-20)30-17-9-15-2-3-16(10-17)26-15/h4-8,11-12,15-17,26H,2-3,9-10H2,1H3/t15-,16+,17?. The van der Waals surface area contributed by atoms with Gasteiger partial charge >= 0.3 is 0 Å². The molecule has 31 heavy (non-hydrogen) atoms. The summed E-state index contributed by atoms with van der Waals surface area (Å²) in [6.07, 6.45) is 6.61. The molecule has 2 bridgehead atoms. The van der Waals surface area contributed by atoms with Crippen molar-refractivity contribution >= 4 is 21.6 Å². The van der Waals surface area contributed by atoms with E-state index in [0.717, 1.165) is 51.1 Å². The summed E-state index contributed by atoms with van der Waals surface area (Å²) in [7, 11) is 0. The van der Waals surface area contributed by atoms with Gasteiger partial charge in [0.15, 0.2) is 0 Å². The van der Waals surface area contributed by atoms with E-state index in [1.807, 2.05) is 30.6 Å². The van der Waals surface area contributed by atoms with Crippen molar-refractivity contribution in [3.63, 3.8) is 0 Å². The summed E-state index contributed by atoms with van der Waals surface area (Å²) < 4.78 is 7.24. The number of aryl methyl sites for hydroxylation is 1. The third-order valence-corrected chi connectivity index (χ3v) is 7.06. The first-order valence-corrected chi connectivity index (χ1v) is 11.5. The Labute approximate surface area is 183 Å². The van der Waals surface area contributed by atoms with E-state index >= 15 is 0 Å². The second-order valence-electron chi connectivity index (χ2n) is 8.38. The van der Waals surface area contributed by atoms with Gasteiger partial charge in [0.1, 0.15) is 6.10 Å². The van der Waals surface area contributed by atoms with Gasteiger partial charge in [-0.05, 0) is 44.7 Å². The molecule has 4 aromatic rings. The van der Waals surface area contributed by atoms with Crippen molar-refractivity contribution in [3.05, 3.63) is 47.7 Å². The van der Waals surface area contributed by atoms with E-state index in [1.54, 1.807) is 17.5 Å². The molecule has 2 saturated heterocycles. The van der Waals surface area contributed by atoms with Gasteiger partial charge in [-0.15, -0.1) is 21.5 Å². The molecule has 0 spiro atoms. The molecule has 1 unspecified atom stereocenters. The van der Waals surface area contributed by atoms with Crippen LogP contribution in [0.2, 0.25) is 0 Å². The molecule has 6 rings (SSSR count). The molecule has 3 aromatic heterocycles. The number of aromatic nitrogens is 5. The zero-order chi connectivity index (χ0) is 20.8. The molecule has 0 amide bonds. The quantitative estimate of drug-likeness (QED) is 0.520. The van der Waals surface area contributed by atoms with Crippen LogP contribution in [0.4, 0.5) is 0 Å².